The van der Waals surface area contributed by atoms with Crippen molar-refractivity contribution in [2.75, 3.05) is 0 Å². The van der Waals surface area contributed by atoms with Crippen LogP contribution in [-0.4, -0.2) is 4.98 Å². The topological polar surface area (TPSA) is 12.9 Å². The van der Waals surface area contributed by atoms with E-state index < -0.39 is 0 Å². The molecule has 0 saturated heterocycles. The highest BCUT2D eigenvalue weighted by Crippen LogP contribution is 2.15. The van der Waals surface area contributed by atoms with Gasteiger partial charge in [0.25, 0.3) is 0 Å². The quantitative estimate of drug-likeness (QED) is 0.662. The fourth-order valence-electron chi connectivity index (χ4n) is 1.17. The van der Waals surface area contributed by atoms with Crippen LogP contribution in [-0.2, 0) is 0 Å². The number of hydrogen-bond donors (Lipinski definition) is 0. The van der Waals surface area contributed by atoms with Gasteiger partial charge in [0, 0.05) is 16.2 Å². The van der Waals surface area contributed by atoms with Gasteiger partial charge in [0.1, 0.15) is 5.69 Å². The molecular weight excluding hydrogens is 330 g/mol. The van der Waals surface area contributed by atoms with E-state index in [1.807, 2.05) is 36.4 Å². The van der Waals surface area contributed by atoms with Crippen LogP contribution >= 0.6 is 31.9 Å². The van der Waals surface area contributed by atoms with Crippen molar-refractivity contribution >= 4 is 31.9 Å². The smallest absolute Gasteiger partial charge is 0.127 e. The standard InChI is InChI=1S/C13H7Br2N/c14-11-5-2-1-4-10(11)7-8-13-12(15)6-3-9-16-13/h1-6,9H. The molecule has 78 valence electrons. The molecule has 0 radical (unpaired) electrons. The van der Waals surface area contributed by atoms with Gasteiger partial charge in [0.2, 0.25) is 0 Å². The summed E-state index contributed by atoms with van der Waals surface area (Å²) in [6, 6.07) is 11.7. The SMILES string of the molecule is Brc1ccccc1C#Cc1ncccc1Br. The minimum Gasteiger partial charge on any atom is -0.247 e. The zero-order valence-corrected chi connectivity index (χ0v) is 11.4. The molecule has 0 fully saturated rings. The number of hydrogen-bond acceptors (Lipinski definition) is 1. The highest BCUT2D eigenvalue weighted by molar-refractivity contribution is 9.10. The van der Waals surface area contributed by atoms with Crippen LogP contribution in [0, 0.1) is 11.8 Å². The lowest BCUT2D eigenvalue weighted by molar-refractivity contribution is 1.27. The fraction of sp³-hybridized carbons (Fsp3) is 0. The number of pyridine rings is 1. The Bertz CT molecular complexity index is 518. The van der Waals surface area contributed by atoms with Crippen molar-refractivity contribution < 1.29 is 0 Å². The van der Waals surface area contributed by atoms with Crippen molar-refractivity contribution in [2.24, 2.45) is 0 Å². The zero-order chi connectivity index (χ0) is 11.4. The predicted molar refractivity (Wildman–Crippen MR) is 72.1 cm³/mol. The van der Waals surface area contributed by atoms with Gasteiger partial charge in [-0.2, -0.15) is 0 Å². The molecule has 16 heavy (non-hydrogen) atoms. The molecular formula is C13H7Br2N. The Morgan fingerprint density at radius 3 is 2.38 bits per heavy atom. The maximum Gasteiger partial charge on any atom is 0.127 e. The van der Waals surface area contributed by atoms with Crippen LogP contribution in [0.4, 0.5) is 0 Å². The van der Waals surface area contributed by atoms with Gasteiger partial charge in [0.15, 0.2) is 0 Å². The third kappa shape index (κ3) is 2.72. The largest absolute Gasteiger partial charge is 0.247 e. The molecule has 0 unspecified atom stereocenters. The van der Waals surface area contributed by atoms with Gasteiger partial charge in [-0.25, -0.2) is 4.98 Å². The van der Waals surface area contributed by atoms with Crippen molar-refractivity contribution in [3.8, 4) is 11.8 Å². The normalized spacial score (nSPS) is 9.38. The second-order valence-corrected chi connectivity index (χ2v) is 4.77. The van der Waals surface area contributed by atoms with E-state index in [0.717, 1.165) is 20.2 Å². The molecule has 2 rings (SSSR count). The van der Waals surface area contributed by atoms with Crippen LogP contribution in [0.1, 0.15) is 11.3 Å². The summed E-state index contributed by atoms with van der Waals surface area (Å²) in [5.41, 5.74) is 1.71. The molecule has 1 heterocycles. The summed E-state index contributed by atoms with van der Waals surface area (Å²) in [5, 5.41) is 0. The lowest BCUT2D eigenvalue weighted by Gasteiger charge is -1.94. The number of nitrogens with zero attached hydrogens (tertiary/aromatic N) is 1. The molecule has 0 bridgehead atoms. The molecule has 1 nitrogen and oxygen atoms in total. The Morgan fingerprint density at radius 1 is 0.875 bits per heavy atom. The first kappa shape index (κ1) is 11.4. The zero-order valence-electron chi connectivity index (χ0n) is 8.24. The Balaban J connectivity index is 2.36. The molecule has 0 aliphatic rings. The van der Waals surface area contributed by atoms with Gasteiger partial charge in [-0.1, -0.05) is 18.1 Å². The second-order valence-electron chi connectivity index (χ2n) is 3.06. The lowest BCUT2D eigenvalue weighted by atomic mass is 10.2. The van der Waals surface area contributed by atoms with E-state index in [0.29, 0.717) is 0 Å². The minimum atomic E-state index is 0.748. The van der Waals surface area contributed by atoms with Crippen LogP contribution in [0.2, 0.25) is 0 Å². The first-order valence-electron chi connectivity index (χ1n) is 4.64. The second kappa shape index (κ2) is 5.29. The molecule has 0 aliphatic carbocycles. The van der Waals surface area contributed by atoms with Gasteiger partial charge in [-0.05, 0) is 62.0 Å². The average Bonchev–Trinajstić information content (AvgIpc) is 2.30. The fourth-order valence-corrected chi connectivity index (χ4v) is 1.90. The van der Waals surface area contributed by atoms with Crippen molar-refractivity contribution in [3.05, 3.63) is 62.8 Å². The summed E-state index contributed by atoms with van der Waals surface area (Å²) in [5.74, 6) is 6.11. The summed E-state index contributed by atoms with van der Waals surface area (Å²) in [6.45, 7) is 0. The van der Waals surface area contributed by atoms with E-state index >= 15 is 0 Å². The molecule has 0 saturated carbocycles. The van der Waals surface area contributed by atoms with Crippen molar-refractivity contribution in [1.29, 1.82) is 0 Å². The number of rotatable bonds is 0. The molecule has 0 amide bonds. The Morgan fingerprint density at radius 2 is 1.62 bits per heavy atom. The van der Waals surface area contributed by atoms with Crippen molar-refractivity contribution in [1.82, 2.24) is 4.98 Å². The lowest BCUT2D eigenvalue weighted by Crippen LogP contribution is -1.83. The summed E-state index contributed by atoms with van der Waals surface area (Å²) in [7, 11) is 0. The van der Waals surface area contributed by atoms with E-state index in [9.17, 15) is 0 Å². The van der Waals surface area contributed by atoms with Gasteiger partial charge < -0.3 is 0 Å². The van der Waals surface area contributed by atoms with Crippen molar-refractivity contribution in [2.45, 2.75) is 0 Å². The summed E-state index contributed by atoms with van der Waals surface area (Å²) < 4.78 is 1.91. The van der Waals surface area contributed by atoms with Gasteiger partial charge >= 0.3 is 0 Å². The predicted octanol–water partition coefficient (Wildman–Crippen LogP) is 4.01. The molecule has 2 aromatic rings. The Hall–Kier alpha value is -1.11. The summed E-state index contributed by atoms with van der Waals surface area (Å²) >= 11 is 6.87. The van der Waals surface area contributed by atoms with Gasteiger partial charge in [-0.3, -0.25) is 0 Å². The van der Waals surface area contributed by atoms with E-state index in [1.54, 1.807) is 6.20 Å². The average molecular weight is 337 g/mol. The Labute approximate surface area is 111 Å². The maximum atomic E-state index is 4.19. The van der Waals surface area contributed by atoms with Gasteiger partial charge in [0.05, 0.1) is 4.47 Å². The van der Waals surface area contributed by atoms with E-state index in [2.05, 4.69) is 48.7 Å². The van der Waals surface area contributed by atoms with Crippen LogP contribution in [0.25, 0.3) is 0 Å². The van der Waals surface area contributed by atoms with E-state index in [-0.39, 0.29) is 0 Å². The monoisotopic (exact) mass is 335 g/mol. The third-order valence-corrected chi connectivity index (χ3v) is 3.28. The molecule has 0 spiro atoms. The molecule has 0 atom stereocenters. The first-order chi connectivity index (χ1) is 7.77. The summed E-state index contributed by atoms with van der Waals surface area (Å²) in [4.78, 5) is 4.19. The minimum absolute atomic E-state index is 0.748. The van der Waals surface area contributed by atoms with Gasteiger partial charge in [-0.15, -0.1) is 0 Å². The Kier molecular flexibility index (Phi) is 3.76. The van der Waals surface area contributed by atoms with Crippen LogP contribution in [0.3, 0.4) is 0 Å². The molecule has 1 aromatic heterocycles. The highest BCUT2D eigenvalue weighted by atomic mass is 79.9. The number of aromatic nitrogens is 1. The number of halogens is 2. The maximum absolute atomic E-state index is 4.19. The molecule has 1 aromatic carbocycles. The van der Waals surface area contributed by atoms with Crippen LogP contribution < -0.4 is 0 Å². The number of benzene rings is 1. The molecule has 3 heteroatoms. The highest BCUT2D eigenvalue weighted by Gasteiger charge is 1.96. The summed E-state index contributed by atoms with van der Waals surface area (Å²) in [6.07, 6.45) is 1.73. The van der Waals surface area contributed by atoms with Crippen LogP contribution in [0.5, 0.6) is 0 Å². The van der Waals surface area contributed by atoms with Crippen LogP contribution in [0.15, 0.2) is 51.5 Å². The molecule has 0 N–H and O–H groups in total. The van der Waals surface area contributed by atoms with Crippen molar-refractivity contribution in [3.63, 3.8) is 0 Å². The first-order valence-corrected chi connectivity index (χ1v) is 6.23. The van der Waals surface area contributed by atoms with E-state index in [1.165, 1.54) is 0 Å². The van der Waals surface area contributed by atoms with E-state index in [4.69, 9.17) is 0 Å². The third-order valence-electron chi connectivity index (χ3n) is 1.95. The molecule has 0 aliphatic heterocycles.